The lowest BCUT2D eigenvalue weighted by Crippen LogP contribution is -2.38. The van der Waals surface area contributed by atoms with Gasteiger partial charge in [-0.25, -0.2) is 5.84 Å². The van der Waals surface area contributed by atoms with E-state index in [9.17, 15) is 9.59 Å². The number of amides is 2. The minimum absolute atomic E-state index is 0.0482. The molecule has 0 spiro atoms. The molecular weight excluding hydrogens is 330 g/mol. The molecule has 2 aromatic rings. The van der Waals surface area contributed by atoms with Crippen molar-refractivity contribution in [3.8, 4) is 0 Å². The molecule has 2 rings (SSSR count). The zero-order valence-electron chi connectivity index (χ0n) is 10.1. The number of hydrazine groups is 1. The highest BCUT2D eigenvalue weighted by Crippen LogP contribution is 2.14. The molecule has 0 unspecified atom stereocenters. The summed E-state index contributed by atoms with van der Waals surface area (Å²) in [6.45, 7) is 0. The van der Waals surface area contributed by atoms with E-state index in [0.717, 1.165) is 0 Å². The second kappa shape index (κ2) is 6.22. The number of hydrogen-bond donors (Lipinski definition) is 3. The van der Waals surface area contributed by atoms with Crippen LogP contribution in [0, 0.1) is 0 Å². The lowest BCUT2D eigenvalue weighted by atomic mass is 10.3. The van der Waals surface area contributed by atoms with Gasteiger partial charge in [0.2, 0.25) is 0 Å². The summed E-state index contributed by atoms with van der Waals surface area (Å²) in [5, 5.41) is 2.39. The summed E-state index contributed by atoms with van der Waals surface area (Å²) in [5.74, 6) is 4.26. The summed E-state index contributed by atoms with van der Waals surface area (Å²) in [6, 6.07) is 6.30. The van der Waals surface area contributed by atoms with Crippen LogP contribution in [0.15, 0.2) is 49.7 Å². The van der Waals surface area contributed by atoms with Crippen LogP contribution < -0.4 is 16.6 Å². The van der Waals surface area contributed by atoms with Crippen molar-refractivity contribution < 1.29 is 18.4 Å². The van der Waals surface area contributed by atoms with Crippen LogP contribution in [0.2, 0.25) is 0 Å². The van der Waals surface area contributed by atoms with Gasteiger partial charge in [-0.1, -0.05) is 0 Å². The number of nitrogens with one attached hydrogen (secondary N) is 2. The zero-order chi connectivity index (χ0) is 14.5. The number of carbonyl (C=O) groups excluding carboxylic acids is 2. The summed E-state index contributed by atoms with van der Waals surface area (Å²) in [4.78, 5) is 23.5. The maximum Gasteiger partial charge on any atom is 0.291 e. The number of nitrogens with two attached hydrogens (primary N) is 1. The van der Waals surface area contributed by atoms with Crippen molar-refractivity contribution in [1.82, 2.24) is 10.7 Å². The van der Waals surface area contributed by atoms with Crippen molar-refractivity contribution in [2.45, 2.75) is 0 Å². The molecule has 20 heavy (non-hydrogen) atoms. The Morgan fingerprint density at radius 1 is 1.30 bits per heavy atom. The first-order valence-electron chi connectivity index (χ1n) is 5.43. The first kappa shape index (κ1) is 14.1. The van der Waals surface area contributed by atoms with E-state index in [4.69, 9.17) is 14.7 Å². The van der Waals surface area contributed by atoms with E-state index in [2.05, 4.69) is 21.2 Å². The van der Waals surface area contributed by atoms with Crippen LogP contribution in [-0.4, -0.2) is 11.8 Å². The van der Waals surface area contributed by atoms with Gasteiger partial charge < -0.3 is 14.2 Å². The number of rotatable bonds is 4. The highest BCUT2D eigenvalue weighted by Gasteiger charge is 2.16. The lowest BCUT2D eigenvalue weighted by molar-refractivity contribution is -0.117. The van der Waals surface area contributed by atoms with Crippen LogP contribution in [0.5, 0.6) is 0 Å². The molecule has 0 saturated heterocycles. The van der Waals surface area contributed by atoms with Crippen LogP contribution in [0.3, 0.4) is 0 Å². The van der Waals surface area contributed by atoms with Gasteiger partial charge in [-0.05, 0) is 40.2 Å². The SMILES string of the molecule is NNC(=O)C(=Cc1ccco1)NC(=O)c1ccc(Br)o1. The van der Waals surface area contributed by atoms with Gasteiger partial charge in [-0.2, -0.15) is 0 Å². The molecule has 104 valence electrons. The Kier molecular flexibility index (Phi) is 4.38. The summed E-state index contributed by atoms with van der Waals surface area (Å²) >= 11 is 3.08. The zero-order valence-corrected chi connectivity index (χ0v) is 11.6. The molecule has 4 N–H and O–H groups in total. The standard InChI is InChI=1S/C12H10BrN3O4/c13-10-4-3-9(20-10)12(18)15-8(11(17)16-14)6-7-2-1-5-19-7/h1-6H,14H2,(H,15,18)(H,16,17). The maximum atomic E-state index is 11.9. The molecule has 0 aromatic carbocycles. The second-order valence-electron chi connectivity index (χ2n) is 3.60. The Bertz CT molecular complexity index is 645. The highest BCUT2D eigenvalue weighted by molar-refractivity contribution is 9.10. The number of carbonyl (C=O) groups is 2. The monoisotopic (exact) mass is 339 g/mol. The summed E-state index contributed by atoms with van der Waals surface area (Å²) in [5.41, 5.74) is 1.87. The Labute approximate surface area is 121 Å². The van der Waals surface area contributed by atoms with E-state index in [0.29, 0.717) is 10.4 Å². The summed E-state index contributed by atoms with van der Waals surface area (Å²) < 4.78 is 10.6. The first-order chi connectivity index (χ1) is 9.60. The third kappa shape index (κ3) is 3.37. The number of halogens is 1. The molecule has 2 amide bonds. The van der Waals surface area contributed by atoms with Crippen LogP contribution in [0.25, 0.3) is 6.08 Å². The van der Waals surface area contributed by atoms with E-state index in [1.165, 1.54) is 18.4 Å². The Morgan fingerprint density at radius 3 is 2.65 bits per heavy atom. The number of furan rings is 2. The van der Waals surface area contributed by atoms with Crippen molar-refractivity contribution in [2.75, 3.05) is 0 Å². The topological polar surface area (TPSA) is 110 Å². The van der Waals surface area contributed by atoms with Crippen molar-refractivity contribution >= 4 is 33.8 Å². The lowest BCUT2D eigenvalue weighted by Gasteiger charge is -2.06. The van der Waals surface area contributed by atoms with Crippen molar-refractivity contribution in [3.05, 3.63) is 52.4 Å². The summed E-state index contributed by atoms with van der Waals surface area (Å²) in [6.07, 6.45) is 2.79. The fraction of sp³-hybridized carbons (Fsp3) is 0. The Balaban J connectivity index is 2.20. The Morgan fingerprint density at radius 2 is 2.10 bits per heavy atom. The normalized spacial score (nSPS) is 11.2. The predicted molar refractivity (Wildman–Crippen MR) is 72.9 cm³/mol. The van der Waals surface area contributed by atoms with Crippen molar-refractivity contribution in [2.24, 2.45) is 5.84 Å². The van der Waals surface area contributed by atoms with Crippen molar-refractivity contribution in [1.29, 1.82) is 0 Å². The smallest absolute Gasteiger partial charge is 0.291 e. The van der Waals surface area contributed by atoms with Gasteiger partial charge in [-0.3, -0.25) is 15.0 Å². The van der Waals surface area contributed by atoms with Gasteiger partial charge in [0.1, 0.15) is 11.5 Å². The molecule has 0 saturated carbocycles. The number of hydrogen-bond acceptors (Lipinski definition) is 5. The van der Waals surface area contributed by atoms with E-state index in [-0.39, 0.29) is 11.5 Å². The molecule has 0 atom stereocenters. The average molecular weight is 340 g/mol. The van der Waals surface area contributed by atoms with Gasteiger partial charge in [0.15, 0.2) is 10.4 Å². The average Bonchev–Trinajstić information content (AvgIpc) is 3.08. The third-order valence-electron chi connectivity index (χ3n) is 2.25. The van der Waals surface area contributed by atoms with E-state index >= 15 is 0 Å². The molecule has 2 aromatic heterocycles. The van der Waals surface area contributed by atoms with Gasteiger partial charge in [-0.15, -0.1) is 0 Å². The molecular formula is C12H10BrN3O4. The largest absolute Gasteiger partial charge is 0.465 e. The molecule has 0 bridgehead atoms. The van der Waals surface area contributed by atoms with Gasteiger partial charge in [0.05, 0.1) is 6.26 Å². The predicted octanol–water partition coefficient (Wildman–Crippen LogP) is 1.40. The first-order valence-corrected chi connectivity index (χ1v) is 6.22. The van der Waals surface area contributed by atoms with Gasteiger partial charge >= 0.3 is 0 Å². The molecule has 2 heterocycles. The van der Waals surface area contributed by atoms with Crippen molar-refractivity contribution in [3.63, 3.8) is 0 Å². The molecule has 0 aliphatic heterocycles. The second-order valence-corrected chi connectivity index (χ2v) is 4.39. The fourth-order valence-corrected chi connectivity index (χ4v) is 1.68. The molecule has 0 radical (unpaired) electrons. The third-order valence-corrected chi connectivity index (χ3v) is 2.68. The minimum atomic E-state index is -0.666. The van der Waals surface area contributed by atoms with Crippen LogP contribution >= 0.6 is 15.9 Å². The van der Waals surface area contributed by atoms with Crippen LogP contribution in [-0.2, 0) is 4.79 Å². The Hall–Kier alpha value is -2.32. The minimum Gasteiger partial charge on any atom is -0.465 e. The molecule has 8 heteroatoms. The molecule has 0 aliphatic rings. The fourth-order valence-electron chi connectivity index (χ4n) is 1.37. The quantitative estimate of drug-likeness (QED) is 0.337. The van der Waals surface area contributed by atoms with Crippen LogP contribution in [0.4, 0.5) is 0 Å². The van der Waals surface area contributed by atoms with Gasteiger partial charge in [0.25, 0.3) is 11.8 Å². The molecule has 0 aliphatic carbocycles. The van der Waals surface area contributed by atoms with E-state index in [1.807, 2.05) is 5.43 Å². The van der Waals surface area contributed by atoms with Crippen LogP contribution in [0.1, 0.15) is 16.3 Å². The van der Waals surface area contributed by atoms with E-state index in [1.54, 1.807) is 18.2 Å². The summed E-state index contributed by atoms with van der Waals surface area (Å²) in [7, 11) is 0. The van der Waals surface area contributed by atoms with E-state index < -0.39 is 11.8 Å². The maximum absolute atomic E-state index is 11.9. The van der Waals surface area contributed by atoms with Gasteiger partial charge in [0, 0.05) is 6.08 Å². The molecule has 0 fully saturated rings. The molecule has 7 nitrogen and oxygen atoms in total. The highest BCUT2D eigenvalue weighted by atomic mass is 79.9.